The van der Waals surface area contributed by atoms with E-state index in [-0.39, 0.29) is 42.0 Å². The number of hydrogen-bond acceptors (Lipinski definition) is 3. The monoisotopic (exact) mass is 379 g/mol. The summed E-state index contributed by atoms with van der Waals surface area (Å²) in [6, 6.07) is 7.10. The van der Waals surface area contributed by atoms with Crippen molar-refractivity contribution < 1.29 is 14.4 Å². The van der Waals surface area contributed by atoms with E-state index in [1.54, 1.807) is 17.0 Å². The molecule has 1 aliphatic rings. The summed E-state index contributed by atoms with van der Waals surface area (Å²) >= 11 is 5.81. The molecule has 1 saturated heterocycles. The molecule has 1 fully saturated rings. The van der Waals surface area contributed by atoms with Gasteiger partial charge >= 0.3 is 0 Å². The molecule has 1 aliphatic heterocycles. The molecule has 1 heterocycles. The van der Waals surface area contributed by atoms with Crippen molar-refractivity contribution in [1.29, 1.82) is 0 Å². The third-order valence-electron chi connectivity index (χ3n) is 4.33. The standard InChI is InChI=1S/C19H26ClN3O3/c1-19(2,3)23-12-14(11-17(23)25)18(26)22-9-8-21-16(24)10-13-4-6-15(20)7-5-13/h4-7,14H,8-12H2,1-3H3,(H,21,24)(H,22,26). The van der Waals surface area contributed by atoms with Crippen molar-refractivity contribution in [3.8, 4) is 0 Å². The van der Waals surface area contributed by atoms with Gasteiger partial charge in [-0.25, -0.2) is 0 Å². The number of carbonyl (C=O) groups is 3. The molecule has 6 nitrogen and oxygen atoms in total. The van der Waals surface area contributed by atoms with Gasteiger partial charge in [0.05, 0.1) is 12.3 Å². The molecule has 3 amide bonds. The van der Waals surface area contributed by atoms with Crippen LogP contribution >= 0.6 is 11.6 Å². The van der Waals surface area contributed by atoms with Gasteiger partial charge in [-0.05, 0) is 38.5 Å². The van der Waals surface area contributed by atoms with Gasteiger partial charge in [0, 0.05) is 36.6 Å². The quantitative estimate of drug-likeness (QED) is 0.739. The first-order valence-corrected chi connectivity index (χ1v) is 9.14. The molecule has 1 aromatic rings. The molecule has 0 spiro atoms. The molecule has 0 aliphatic carbocycles. The van der Waals surface area contributed by atoms with Gasteiger partial charge in [-0.15, -0.1) is 0 Å². The zero-order valence-corrected chi connectivity index (χ0v) is 16.2. The van der Waals surface area contributed by atoms with Crippen molar-refractivity contribution in [2.75, 3.05) is 19.6 Å². The smallest absolute Gasteiger partial charge is 0.225 e. The van der Waals surface area contributed by atoms with Gasteiger partial charge in [-0.3, -0.25) is 14.4 Å². The summed E-state index contributed by atoms with van der Waals surface area (Å²) in [5.74, 6) is -0.575. The highest BCUT2D eigenvalue weighted by atomic mass is 35.5. The molecule has 1 atom stereocenters. The molecule has 7 heteroatoms. The molecule has 0 saturated carbocycles. The predicted molar refractivity (Wildman–Crippen MR) is 101 cm³/mol. The molecule has 26 heavy (non-hydrogen) atoms. The Bertz CT molecular complexity index is 668. The Morgan fingerprint density at radius 1 is 1.15 bits per heavy atom. The number of hydrogen-bond donors (Lipinski definition) is 2. The summed E-state index contributed by atoms with van der Waals surface area (Å²) in [4.78, 5) is 37.9. The zero-order valence-electron chi connectivity index (χ0n) is 15.5. The van der Waals surface area contributed by atoms with E-state index >= 15 is 0 Å². The van der Waals surface area contributed by atoms with E-state index in [0.717, 1.165) is 5.56 Å². The van der Waals surface area contributed by atoms with Crippen molar-refractivity contribution in [2.45, 2.75) is 39.2 Å². The average molecular weight is 380 g/mol. The van der Waals surface area contributed by atoms with E-state index < -0.39 is 0 Å². The van der Waals surface area contributed by atoms with Gasteiger partial charge in [-0.2, -0.15) is 0 Å². The van der Waals surface area contributed by atoms with Gasteiger partial charge in [0.1, 0.15) is 0 Å². The summed E-state index contributed by atoms with van der Waals surface area (Å²) in [6.07, 6.45) is 0.509. The van der Waals surface area contributed by atoms with E-state index in [1.165, 1.54) is 0 Å². The Morgan fingerprint density at radius 3 is 2.35 bits per heavy atom. The molecule has 2 rings (SSSR count). The lowest BCUT2D eigenvalue weighted by atomic mass is 10.1. The summed E-state index contributed by atoms with van der Waals surface area (Å²) in [6.45, 7) is 7.01. The minimum atomic E-state index is -0.327. The van der Waals surface area contributed by atoms with Crippen LogP contribution in [0.1, 0.15) is 32.8 Å². The highest BCUT2D eigenvalue weighted by Crippen LogP contribution is 2.25. The topological polar surface area (TPSA) is 78.5 Å². The van der Waals surface area contributed by atoms with Crippen LogP contribution in [0.3, 0.4) is 0 Å². The second kappa shape index (κ2) is 8.54. The number of amides is 3. The SMILES string of the molecule is CC(C)(C)N1CC(C(=O)NCCNC(=O)Cc2ccc(Cl)cc2)CC1=O. The lowest BCUT2D eigenvalue weighted by Gasteiger charge is -2.31. The Hall–Kier alpha value is -2.08. The molecule has 1 aromatic carbocycles. The first-order chi connectivity index (χ1) is 12.2. The van der Waals surface area contributed by atoms with Crippen molar-refractivity contribution >= 4 is 29.3 Å². The average Bonchev–Trinajstić information content (AvgIpc) is 2.96. The van der Waals surface area contributed by atoms with Gasteiger partial charge in [0.15, 0.2) is 0 Å². The fourth-order valence-electron chi connectivity index (χ4n) is 2.91. The van der Waals surface area contributed by atoms with E-state index in [1.807, 2.05) is 32.9 Å². The largest absolute Gasteiger partial charge is 0.354 e. The molecule has 0 aromatic heterocycles. The van der Waals surface area contributed by atoms with Crippen molar-refractivity contribution in [2.24, 2.45) is 5.92 Å². The Kier molecular flexibility index (Phi) is 6.64. The molecular formula is C19H26ClN3O3. The van der Waals surface area contributed by atoms with E-state index in [4.69, 9.17) is 11.6 Å². The van der Waals surface area contributed by atoms with Gasteiger partial charge in [0.2, 0.25) is 17.7 Å². The van der Waals surface area contributed by atoms with Crippen molar-refractivity contribution in [1.82, 2.24) is 15.5 Å². The van der Waals surface area contributed by atoms with Crippen LogP contribution in [0.15, 0.2) is 24.3 Å². The van der Waals surface area contributed by atoms with Crippen LogP contribution in [0.5, 0.6) is 0 Å². The summed E-state index contributed by atoms with van der Waals surface area (Å²) in [5.41, 5.74) is 0.601. The van der Waals surface area contributed by atoms with Crippen LogP contribution in [-0.2, 0) is 20.8 Å². The van der Waals surface area contributed by atoms with Crippen LogP contribution in [-0.4, -0.2) is 47.8 Å². The molecule has 1 unspecified atom stereocenters. The summed E-state index contributed by atoms with van der Waals surface area (Å²) in [5, 5.41) is 6.20. The Balaban J connectivity index is 1.68. The van der Waals surface area contributed by atoms with Gasteiger partial charge in [-0.1, -0.05) is 23.7 Å². The fraction of sp³-hybridized carbons (Fsp3) is 0.526. The number of rotatable bonds is 6. The maximum Gasteiger partial charge on any atom is 0.225 e. The minimum absolute atomic E-state index is 0.00826. The lowest BCUT2D eigenvalue weighted by Crippen LogP contribution is -2.43. The normalized spacial score (nSPS) is 17.3. The van der Waals surface area contributed by atoms with Crippen LogP contribution in [0.4, 0.5) is 0 Å². The first kappa shape index (κ1) is 20.2. The highest BCUT2D eigenvalue weighted by molar-refractivity contribution is 6.30. The second-order valence-corrected chi connectivity index (χ2v) is 7.96. The van der Waals surface area contributed by atoms with Crippen LogP contribution in [0, 0.1) is 5.92 Å². The predicted octanol–water partition coefficient (Wildman–Crippen LogP) is 1.76. The summed E-state index contributed by atoms with van der Waals surface area (Å²) < 4.78 is 0. The third kappa shape index (κ3) is 5.73. The number of carbonyl (C=O) groups excluding carboxylic acids is 3. The molecule has 0 bridgehead atoms. The number of nitrogens with one attached hydrogen (secondary N) is 2. The Morgan fingerprint density at radius 2 is 1.77 bits per heavy atom. The molecular weight excluding hydrogens is 354 g/mol. The maximum absolute atomic E-state index is 12.2. The molecule has 2 N–H and O–H groups in total. The number of benzene rings is 1. The zero-order chi connectivity index (χ0) is 19.3. The van der Waals surface area contributed by atoms with Crippen molar-refractivity contribution in [3.05, 3.63) is 34.9 Å². The summed E-state index contributed by atoms with van der Waals surface area (Å²) in [7, 11) is 0. The van der Waals surface area contributed by atoms with Gasteiger partial charge < -0.3 is 15.5 Å². The van der Waals surface area contributed by atoms with Crippen LogP contribution in [0.2, 0.25) is 5.02 Å². The maximum atomic E-state index is 12.2. The second-order valence-electron chi connectivity index (χ2n) is 7.52. The van der Waals surface area contributed by atoms with Gasteiger partial charge in [0.25, 0.3) is 0 Å². The third-order valence-corrected chi connectivity index (χ3v) is 4.58. The van der Waals surface area contributed by atoms with E-state index in [2.05, 4.69) is 10.6 Å². The number of likely N-dealkylation sites (tertiary alicyclic amines) is 1. The van der Waals surface area contributed by atoms with Crippen LogP contribution in [0.25, 0.3) is 0 Å². The van der Waals surface area contributed by atoms with E-state index in [9.17, 15) is 14.4 Å². The number of nitrogens with zero attached hydrogens (tertiary/aromatic N) is 1. The Labute approximate surface area is 159 Å². The molecule has 142 valence electrons. The van der Waals surface area contributed by atoms with E-state index in [0.29, 0.717) is 24.7 Å². The van der Waals surface area contributed by atoms with Crippen molar-refractivity contribution in [3.63, 3.8) is 0 Å². The minimum Gasteiger partial charge on any atom is -0.354 e. The highest BCUT2D eigenvalue weighted by Gasteiger charge is 2.39. The van der Waals surface area contributed by atoms with Crippen LogP contribution < -0.4 is 10.6 Å². The lowest BCUT2D eigenvalue weighted by molar-refractivity contribution is -0.132. The number of halogens is 1. The molecule has 0 radical (unpaired) electrons. The fourth-order valence-corrected chi connectivity index (χ4v) is 3.04. The first-order valence-electron chi connectivity index (χ1n) is 8.76.